The second-order valence-electron chi connectivity index (χ2n) is 23.3. The van der Waals surface area contributed by atoms with Crippen LogP contribution in [0.2, 0.25) is 0 Å². The highest BCUT2D eigenvalue weighted by atomic mass is 17.2. The fraction of sp³-hybridized carbons (Fsp3) is 0.877. The fourth-order valence-corrected chi connectivity index (χ4v) is 10.4. The third kappa shape index (κ3) is 42.2. The maximum absolute atomic E-state index is 14.7. The maximum atomic E-state index is 14.7. The Morgan fingerprint density at radius 3 is 1.12 bits per heavy atom. The zero-order valence-corrected chi connectivity index (χ0v) is 50.1. The van der Waals surface area contributed by atoms with Crippen molar-refractivity contribution < 1.29 is 54.0 Å². The minimum absolute atomic E-state index is 0.0273. The smallest absolute Gasteiger partial charge is 0.364 e. The van der Waals surface area contributed by atoms with Crippen molar-refractivity contribution in [2.75, 3.05) is 6.61 Å². The van der Waals surface area contributed by atoms with E-state index in [1.807, 2.05) is 0 Å². The van der Waals surface area contributed by atoms with Crippen molar-refractivity contribution >= 4 is 23.9 Å². The lowest BCUT2D eigenvalue weighted by molar-refractivity contribution is -0.276. The van der Waals surface area contributed by atoms with Gasteiger partial charge in [-0.3, -0.25) is 0 Å². The molecule has 0 saturated carbocycles. The number of aliphatic hydroxyl groups excluding tert-OH is 3. The van der Waals surface area contributed by atoms with Crippen molar-refractivity contribution in [1.29, 1.82) is 0 Å². The standard InChI is InChI=1S/C65H120O11/c1-7-9-11-13-15-17-19-21-23-25-27-29-31-38-44-50-60(68)73-74-62(70)53-52-58(49-43-37-33-35-41-47-56(3)4)65(63(71)59(67)55-66,54-46-40-34-36-42-48-57(5)6)64(72)76-75-61(69)51-45-39-32-30-28-26-24-22-20-18-16-14-12-10-8-2/h21-24,56-59,63,66-67,71H,7-20,25-55H2,1-6H3/b23-21-,24-22-. The van der Waals surface area contributed by atoms with E-state index >= 15 is 0 Å². The van der Waals surface area contributed by atoms with Crippen LogP contribution in [0.1, 0.15) is 324 Å². The van der Waals surface area contributed by atoms with Crippen LogP contribution in [-0.2, 0) is 38.7 Å². The van der Waals surface area contributed by atoms with E-state index in [1.54, 1.807) is 0 Å². The van der Waals surface area contributed by atoms with Gasteiger partial charge in [0.05, 0.1) is 32.0 Å². The molecule has 0 rings (SSSR count). The van der Waals surface area contributed by atoms with Gasteiger partial charge in [-0.1, -0.05) is 246 Å². The van der Waals surface area contributed by atoms with E-state index in [2.05, 4.69) is 65.8 Å². The number of unbranched alkanes of at least 4 members (excludes halogenated alkanes) is 30. The molecule has 0 spiro atoms. The van der Waals surface area contributed by atoms with Gasteiger partial charge in [-0.25, -0.2) is 38.7 Å². The zero-order valence-electron chi connectivity index (χ0n) is 50.1. The van der Waals surface area contributed by atoms with Crippen LogP contribution in [0, 0.1) is 23.2 Å². The fourth-order valence-electron chi connectivity index (χ4n) is 10.4. The predicted octanol–water partition coefficient (Wildman–Crippen LogP) is 17.9. The van der Waals surface area contributed by atoms with E-state index in [1.165, 1.54) is 77.0 Å². The lowest BCUT2D eigenvalue weighted by atomic mass is 9.63. The number of aliphatic hydroxyl groups is 3. The highest BCUT2D eigenvalue weighted by Gasteiger charge is 2.55. The maximum Gasteiger partial charge on any atom is 0.364 e. The van der Waals surface area contributed by atoms with Crippen molar-refractivity contribution in [3.63, 3.8) is 0 Å². The van der Waals surface area contributed by atoms with E-state index in [0.717, 1.165) is 141 Å². The molecule has 3 N–H and O–H groups in total. The summed E-state index contributed by atoms with van der Waals surface area (Å²) in [5.74, 6) is -2.67. The molecule has 76 heavy (non-hydrogen) atoms. The third-order valence-electron chi connectivity index (χ3n) is 15.3. The average molecular weight is 1080 g/mol. The average Bonchev–Trinajstić information content (AvgIpc) is 3.40. The van der Waals surface area contributed by atoms with Gasteiger partial charge in [0.1, 0.15) is 11.5 Å². The number of hydrogen-bond acceptors (Lipinski definition) is 11. The number of carbonyl (C=O) groups excluding carboxylic acids is 4. The molecule has 0 aliphatic rings. The van der Waals surface area contributed by atoms with Crippen molar-refractivity contribution in [1.82, 2.24) is 0 Å². The Hall–Kier alpha value is -2.76. The first-order valence-corrected chi connectivity index (χ1v) is 31.9. The first-order valence-electron chi connectivity index (χ1n) is 31.9. The summed E-state index contributed by atoms with van der Waals surface area (Å²) < 4.78 is 0. The number of carbonyl (C=O) groups is 4. The number of rotatable bonds is 54. The Balaban J connectivity index is 5.74. The second-order valence-corrected chi connectivity index (χ2v) is 23.3. The second kappa shape index (κ2) is 52.9. The quantitative estimate of drug-likeness (QED) is 0.0230. The van der Waals surface area contributed by atoms with Gasteiger partial charge in [-0.2, -0.15) is 0 Å². The van der Waals surface area contributed by atoms with Gasteiger partial charge in [-0.15, -0.1) is 0 Å². The Bertz CT molecular complexity index is 1410. The molecule has 0 amide bonds. The van der Waals surface area contributed by atoms with E-state index in [9.17, 15) is 34.5 Å². The lowest BCUT2D eigenvalue weighted by Crippen LogP contribution is -2.55. The molecule has 11 heteroatoms. The van der Waals surface area contributed by atoms with E-state index in [-0.39, 0.29) is 32.1 Å². The molecule has 0 bridgehead atoms. The molecular weight excluding hydrogens is 957 g/mol. The third-order valence-corrected chi connectivity index (χ3v) is 15.3. The van der Waals surface area contributed by atoms with Crippen LogP contribution in [0.25, 0.3) is 0 Å². The number of allylic oxidation sites excluding steroid dienone is 4. The Morgan fingerprint density at radius 2 is 0.724 bits per heavy atom. The summed E-state index contributed by atoms with van der Waals surface area (Å²) in [6.45, 7) is 12.5. The topological polar surface area (TPSA) is 166 Å². The van der Waals surface area contributed by atoms with E-state index in [4.69, 9.17) is 19.6 Å². The normalized spacial score (nSPS) is 13.9. The summed E-state index contributed by atoms with van der Waals surface area (Å²) in [5, 5.41) is 33.4. The highest BCUT2D eigenvalue weighted by molar-refractivity contribution is 5.79. The summed E-state index contributed by atoms with van der Waals surface area (Å²) >= 11 is 0. The van der Waals surface area contributed by atoms with Crippen LogP contribution in [0.3, 0.4) is 0 Å². The van der Waals surface area contributed by atoms with Gasteiger partial charge in [0.2, 0.25) is 0 Å². The summed E-state index contributed by atoms with van der Waals surface area (Å²) in [4.78, 5) is 74.2. The van der Waals surface area contributed by atoms with Crippen LogP contribution >= 0.6 is 0 Å². The summed E-state index contributed by atoms with van der Waals surface area (Å²) in [6, 6.07) is 0. The van der Waals surface area contributed by atoms with Crippen LogP contribution in [0.4, 0.5) is 0 Å². The van der Waals surface area contributed by atoms with Crippen LogP contribution in [0.15, 0.2) is 24.3 Å². The summed E-state index contributed by atoms with van der Waals surface area (Å²) in [7, 11) is 0. The molecular formula is C65H120O11. The van der Waals surface area contributed by atoms with E-state index < -0.39 is 54.0 Å². The Labute approximate surface area is 466 Å². The van der Waals surface area contributed by atoms with Crippen molar-refractivity contribution in [2.45, 2.75) is 336 Å². The molecule has 0 saturated heterocycles. The monoisotopic (exact) mass is 1080 g/mol. The first-order chi connectivity index (χ1) is 36.8. The highest BCUT2D eigenvalue weighted by Crippen LogP contribution is 2.45. The van der Waals surface area contributed by atoms with Crippen LogP contribution < -0.4 is 0 Å². The molecule has 446 valence electrons. The lowest BCUT2D eigenvalue weighted by Gasteiger charge is -2.43. The minimum Gasteiger partial charge on any atom is -0.394 e. The molecule has 0 aliphatic heterocycles. The van der Waals surface area contributed by atoms with Crippen LogP contribution in [0.5, 0.6) is 0 Å². The van der Waals surface area contributed by atoms with Crippen molar-refractivity contribution in [3.8, 4) is 0 Å². The molecule has 11 nitrogen and oxygen atoms in total. The zero-order chi connectivity index (χ0) is 56.2. The molecule has 0 heterocycles. The van der Waals surface area contributed by atoms with Gasteiger partial charge in [0.15, 0.2) is 0 Å². The SMILES string of the molecule is CCCCCCCC/C=C\CCCCCCCC(=O)OOC(=O)CCC(CCCCCCCC(C)C)C(CCCCCCCC(C)C)(C(=O)OOC(=O)CCCCCCC/C=C\CCCCCCCC)C(O)C(O)CO. The van der Waals surface area contributed by atoms with Gasteiger partial charge in [0.25, 0.3) is 0 Å². The van der Waals surface area contributed by atoms with Gasteiger partial charge >= 0.3 is 23.9 Å². The molecule has 0 aromatic heterocycles. The molecule has 0 aliphatic carbocycles. The van der Waals surface area contributed by atoms with Crippen LogP contribution in [-0.4, -0.2) is 58.0 Å². The summed E-state index contributed by atoms with van der Waals surface area (Å²) in [6.07, 6.45) is 46.5. The van der Waals surface area contributed by atoms with E-state index in [0.29, 0.717) is 43.9 Å². The minimum atomic E-state index is -1.85. The van der Waals surface area contributed by atoms with Gasteiger partial charge < -0.3 is 15.3 Å². The molecule has 0 aromatic carbocycles. The number of hydrogen-bond donors (Lipinski definition) is 3. The summed E-state index contributed by atoms with van der Waals surface area (Å²) in [5.41, 5.74) is -1.85. The largest absolute Gasteiger partial charge is 0.394 e. The molecule has 4 unspecified atom stereocenters. The molecule has 0 fully saturated rings. The van der Waals surface area contributed by atoms with Gasteiger partial charge in [0, 0.05) is 0 Å². The van der Waals surface area contributed by atoms with Crippen molar-refractivity contribution in [3.05, 3.63) is 24.3 Å². The molecule has 4 atom stereocenters. The Morgan fingerprint density at radius 1 is 0.395 bits per heavy atom. The Kier molecular flexibility index (Phi) is 51.0. The molecule has 0 aromatic rings. The van der Waals surface area contributed by atoms with Crippen molar-refractivity contribution in [2.24, 2.45) is 23.2 Å². The predicted molar refractivity (Wildman–Crippen MR) is 312 cm³/mol. The van der Waals surface area contributed by atoms with Gasteiger partial charge in [-0.05, 0) is 101 Å². The first kappa shape index (κ1) is 73.2. The molecule has 0 radical (unpaired) electrons.